The molecule has 1 amide bonds. The highest BCUT2D eigenvalue weighted by Gasteiger charge is 2.52. The number of pyridine rings is 1. The van der Waals surface area contributed by atoms with Crippen molar-refractivity contribution in [3.8, 4) is 0 Å². The Kier molecular flexibility index (Phi) is 4.38. The molecular weight excluding hydrogens is 430 g/mol. The predicted octanol–water partition coefficient (Wildman–Crippen LogP) is 2.47. The number of para-hydroxylation sites is 2. The van der Waals surface area contributed by atoms with E-state index in [0.717, 1.165) is 36.5 Å². The van der Waals surface area contributed by atoms with Crippen molar-refractivity contribution in [1.82, 2.24) is 9.29 Å². The fraction of sp³-hybridized carbons (Fsp3) is 0.455. The molecule has 3 fully saturated rings. The zero-order valence-electron chi connectivity index (χ0n) is 17.5. The summed E-state index contributed by atoms with van der Waals surface area (Å²) in [6.45, 7) is 2.17. The normalized spacial score (nSPS) is 25.3. The highest BCUT2D eigenvalue weighted by Crippen LogP contribution is 2.41. The molecule has 0 radical (unpaired) electrons. The molecule has 4 heterocycles. The number of fused-ring (bicyclic) bond motifs is 3. The van der Waals surface area contributed by atoms with Gasteiger partial charge in [-0.05, 0) is 43.5 Å². The van der Waals surface area contributed by atoms with E-state index in [1.165, 1.54) is 4.90 Å². The Balaban J connectivity index is 1.21. The van der Waals surface area contributed by atoms with Gasteiger partial charge >= 0.3 is 6.09 Å². The van der Waals surface area contributed by atoms with E-state index in [-0.39, 0.29) is 17.3 Å². The number of carbonyl (C=O) groups is 1. The lowest BCUT2D eigenvalue weighted by molar-refractivity contribution is 0.201. The van der Waals surface area contributed by atoms with Crippen molar-refractivity contribution in [3.05, 3.63) is 42.6 Å². The van der Waals surface area contributed by atoms with Gasteiger partial charge in [0.15, 0.2) is 0 Å². The third-order valence-corrected chi connectivity index (χ3v) is 9.46. The first-order valence-corrected chi connectivity index (χ1v) is 12.5. The van der Waals surface area contributed by atoms with Gasteiger partial charge < -0.3 is 14.9 Å². The molecule has 6 rings (SSSR count). The number of amides is 1. The number of piperazine rings is 1. The number of aromatic nitrogens is 1. The van der Waals surface area contributed by atoms with Crippen molar-refractivity contribution >= 4 is 39.0 Å². The van der Waals surface area contributed by atoms with Crippen LogP contribution < -0.4 is 14.7 Å². The molecule has 2 saturated heterocycles. The van der Waals surface area contributed by atoms with Crippen LogP contribution in [-0.4, -0.2) is 72.4 Å². The van der Waals surface area contributed by atoms with E-state index < -0.39 is 16.1 Å². The third-order valence-electron chi connectivity index (χ3n) is 7.04. The van der Waals surface area contributed by atoms with Gasteiger partial charge in [-0.25, -0.2) is 18.2 Å². The molecule has 1 aliphatic carbocycles. The van der Waals surface area contributed by atoms with Gasteiger partial charge in [-0.3, -0.25) is 4.90 Å². The van der Waals surface area contributed by atoms with Crippen molar-refractivity contribution in [3.63, 3.8) is 0 Å². The summed E-state index contributed by atoms with van der Waals surface area (Å²) in [5.74, 6) is 0.772. The second-order valence-electron chi connectivity index (χ2n) is 8.96. The maximum atomic E-state index is 12.7. The molecule has 168 valence electrons. The van der Waals surface area contributed by atoms with E-state index in [1.54, 1.807) is 4.31 Å². The molecule has 0 spiro atoms. The Bertz CT molecular complexity index is 1170. The molecule has 1 aromatic heterocycles. The molecule has 1 saturated carbocycles. The molecular formula is C22H25N5O4S. The Morgan fingerprint density at radius 1 is 1.00 bits per heavy atom. The van der Waals surface area contributed by atoms with Crippen molar-refractivity contribution in [1.29, 1.82) is 0 Å². The van der Waals surface area contributed by atoms with Crippen LogP contribution in [0.3, 0.4) is 0 Å². The van der Waals surface area contributed by atoms with Crippen LogP contribution in [-0.2, 0) is 10.0 Å². The first-order chi connectivity index (χ1) is 15.4. The van der Waals surface area contributed by atoms with E-state index in [4.69, 9.17) is 4.98 Å². The SMILES string of the molecule is O=C(O)N1CCN(c2ccc(N3C[C@H]4C[C@H]3CN4S(=O)(=O)C3CC3)cn2)c2ccccc21. The van der Waals surface area contributed by atoms with E-state index >= 15 is 0 Å². The summed E-state index contributed by atoms with van der Waals surface area (Å²) < 4.78 is 27.1. The summed E-state index contributed by atoms with van der Waals surface area (Å²) in [4.78, 5) is 22.0. The fourth-order valence-corrected chi connectivity index (χ4v) is 7.38. The zero-order valence-corrected chi connectivity index (χ0v) is 18.4. The van der Waals surface area contributed by atoms with Crippen molar-refractivity contribution in [2.75, 3.05) is 40.9 Å². The smallest absolute Gasteiger partial charge is 0.411 e. The third kappa shape index (κ3) is 3.04. The lowest BCUT2D eigenvalue weighted by Gasteiger charge is -2.36. The van der Waals surface area contributed by atoms with Crippen LogP contribution in [0.2, 0.25) is 0 Å². The van der Waals surface area contributed by atoms with E-state index in [1.807, 2.05) is 47.5 Å². The lowest BCUT2D eigenvalue weighted by Crippen LogP contribution is -2.49. The van der Waals surface area contributed by atoms with Crippen LogP contribution in [0.15, 0.2) is 42.6 Å². The number of rotatable bonds is 4. The molecule has 2 aromatic rings. The largest absolute Gasteiger partial charge is 0.465 e. The quantitative estimate of drug-likeness (QED) is 0.756. The molecule has 1 aromatic carbocycles. The van der Waals surface area contributed by atoms with Crippen molar-refractivity contribution in [2.24, 2.45) is 0 Å². The van der Waals surface area contributed by atoms with Crippen LogP contribution in [0.4, 0.5) is 27.7 Å². The van der Waals surface area contributed by atoms with E-state index in [2.05, 4.69) is 4.90 Å². The van der Waals surface area contributed by atoms with Gasteiger partial charge in [0, 0.05) is 38.3 Å². The molecule has 32 heavy (non-hydrogen) atoms. The van der Waals surface area contributed by atoms with Gasteiger partial charge in [-0.2, -0.15) is 4.31 Å². The number of hydrogen-bond donors (Lipinski definition) is 1. The van der Waals surface area contributed by atoms with Gasteiger partial charge in [0.1, 0.15) is 5.82 Å². The van der Waals surface area contributed by atoms with Crippen molar-refractivity contribution in [2.45, 2.75) is 36.6 Å². The van der Waals surface area contributed by atoms with Gasteiger partial charge in [0.25, 0.3) is 0 Å². The Morgan fingerprint density at radius 3 is 2.41 bits per heavy atom. The Hall–Kier alpha value is -2.85. The second-order valence-corrected chi connectivity index (χ2v) is 11.1. The number of nitrogens with zero attached hydrogens (tertiary/aromatic N) is 5. The molecule has 10 heteroatoms. The van der Waals surface area contributed by atoms with E-state index in [0.29, 0.717) is 31.9 Å². The van der Waals surface area contributed by atoms with Crippen molar-refractivity contribution < 1.29 is 18.3 Å². The molecule has 0 unspecified atom stereocenters. The Labute approximate surface area is 186 Å². The first-order valence-electron chi connectivity index (χ1n) is 11.0. The fourth-order valence-electron chi connectivity index (χ4n) is 5.32. The predicted molar refractivity (Wildman–Crippen MR) is 121 cm³/mol. The van der Waals surface area contributed by atoms with Crippen LogP contribution in [0, 0.1) is 0 Å². The van der Waals surface area contributed by atoms with Gasteiger partial charge in [0.2, 0.25) is 10.0 Å². The molecule has 2 bridgehead atoms. The number of hydrogen-bond acceptors (Lipinski definition) is 6. The molecule has 9 nitrogen and oxygen atoms in total. The van der Waals surface area contributed by atoms with Gasteiger partial charge in [0.05, 0.1) is 28.5 Å². The minimum absolute atomic E-state index is 0.0567. The number of carboxylic acid groups (broad SMARTS) is 1. The standard InChI is InChI=1S/C22H25N5O4S/c28-22(29)25-10-9-24(19-3-1-2-4-20(19)25)21-8-5-15(12-23-21)26-13-17-11-16(26)14-27(17)32(30,31)18-6-7-18/h1-5,8,12,16-18H,6-7,9-11,13-14H2,(H,28,29)/t16-,17+/m0/s1. The highest BCUT2D eigenvalue weighted by molar-refractivity contribution is 7.90. The topological polar surface area (TPSA) is 97.3 Å². The molecule has 4 aliphatic rings. The molecule has 1 N–H and O–H groups in total. The summed E-state index contributed by atoms with van der Waals surface area (Å²) in [5, 5.41) is 9.35. The molecule has 3 aliphatic heterocycles. The average Bonchev–Trinajstić information content (AvgIpc) is 3.48. The van der Waals surface area contributed by atoms with E-state index in [9.17, 15) is 18.3 Å². The minimum atomic E-state index is -3.12. The summed E-state index contributed by atoms with van der Waals surface area (Å²) in [6.07, 6.45) is 3.37. The van der Waals surface area contributed by atoms with Crippen LogP contribution in [0.25, 0.3) is 0 Å². The maximum Gasteiger partial charge on any atom is 0.411 e. The van der Waals surface area contributed by atoms with Gasteiger partial charge in [-0.15, -0.1) is 0 Å². The van der Waals surface area contributed by atoms with Crippen LogP contribution in [0.1, 0.15) is 19.3 Å². The lowest BCUT2D eigenvalue weighted by atomic mass is 10.1. The molecule has 2 atom stereocenters. The monoisotopic (exact) mass is 455 g/mol. The number of sulfonamides is 1. The maximum absolute atomic E-state index is 12.7. The van der Waals surface area contributed by atoms with Crippen LogP contribution in [0.5, 0.6) is 0 Å². The summed E-state index contributed by atoms with van der Waals surface area (Å²) in [7, 11) is -3.12. The van der Waals surface area contributed by atoms with Crippen LogP contribution >= 0.6 is 0 Å². The average molecular weight is 456 g/mol. The summed E-state index contributed by atoms with van der Waals surface area (Å²) in [5.41, 5.74) is 2.48. The second kappa shape index (κ2) is 7.08. The number of benzene rings is 1. The zero-order chi connectivity index (χ0) is 22.0. The Morgan fingerprint density at radius 2 is 1.78 bits per heavy atom. The number of anilines is 4. The summed E-state index contributed by atoms with van der Waals surface area (Å²) in [6, 6.07) is 11.7. The minimum Gasteiger partial charge on any atom is -0.465 e. The summed E-state index contributed by atoms with van der Waals surface area (Å²) >= 11 is 0. The first kappa shape index (κ1) is 19.8. The highest BCUT2D eigenvalue weighted by atomic mass is 32.2. The van der Waals surface area contributed by atoms with Gasteiger partial charge in [-0.1, -0.05) is 12.1 Å².